The topological polar surface area (TPSA) is 32.3 Å². The molecule has 1 aliphatic heterocycles. The molecule has 0 radical (unpaired) electrons. The highest BCUT2D eigenvalue weighted by Gasteiger charge is 2.25. The van der Waals surface area contributed by atoms with Gasteiger partial charge < -0.3 is 5.32 Å². The minimum absolute atomic E-state index is 0.0325. The summed E-state index contributed by atoms with van der Waals surface area (Å²) >= 11 is 5.86. The Labute approximate surface area is 146 Å². The SMILES string of the molecule is O=C(Nc1ccc(Cl)cc1)[C@H]1CCCN(Cc2ccc(F)cc2)C1. The van der Waals surface area contributed by atoms with E-state index in [1.165, 1.54) is 12.1 Å². The van der Waals surface area contributed by atoms with E-state index in [4.69, 9.17) is 11.6 Å². The first kappa shape index (κ1) is 16.9. The summed E-state index contributed by atoms with van der Waals surface area (Å²) in [6, 6.07) is 13.7. The molecular weight excluding hydrogens is 327 g/mol. The molecule has 0 aliphatic carbocycles. The van der Waals surface area contributed by atoms with Gasteiger partial charge in [-0.3, -0.25) is 9.69 Å². The first-order valence-corrected chi connectivity index (χ1v) is 8.51. The zero-order valence-corrected chi connectivity index (χ0v) is 14.1. The van der Waals surface area contributed by atoms with Crippen molar-refractivity contribution in [3.05, 3.63) is 64.9 Å². The summed E-state index contributed by atoms with van der Waals surface area (Å²) in [6.07, 6.45) is 1.87. The molecule has 1 aliphatic rings. The van der Waals surface area contributed by atoms with E-state index in [1.807, 2.05) is 0 Å². The summed E-state index contributed by atoms with van der Waals surface area (Å²) in [5.41, 5.74) is 1.83. The third-order valence-corrected chi connectivity index (χ3v) is 4.56. The lowest BCUT2D eigenvalue weighted by atomic mass is 9.96. The van der Waals surface area contributed by atoms with Crippen molar-refractivity contribution in [1.82, 2.24) is 4.90 Å². The molecule has 2 aromatic carbocycles. The van der Waals surface area contributed by atoms with Gasteiger partial charge in [-0.1, -0.05) is 23.7 Å². The van der Waals surface area contributed by atoms with Gasteiger partial charge >= 0.3 is 0 Å². The van der Waals surface area contributed by atoms with E-state index >= 15 is 0 Å². The normalized spacial score (nSPS) is 18.3. The Morgan fingerprint density at radius 2 is 1.88 bits per heavy atom. The third-order valence-electron chi connectivity index (χ3n) is 4.31. The van der Waals surface area contributed by atoms with Crippen LogP contribution in [0.3, 0.4) is 0 Å². The maximum Gasteiger partial charge on any atom is 0.228 e. The number of piperidine rings is 1. The highest BCUT2D eigenvalue weighted by molar-refractivity contribution is 6.30. The first-order valence-electron chi connectivity index (χ1n) is 8.13. The highest BCUT2D eigenvalue weighted by Crippen LogP contribution is 2.21. The van der Waals surface area contributed by atoms with E-state index in [-0.39, 0.29) is 17.6 Å². The van der Waals surface area contributed by atoms with Crippen molar-refractivity contribution in [2.24, 2.45) is 5.92 Å². The molecule has 1 fully saturated rings. The fraction of sp³-hybridized carbons (Fsp3) is 0.316. The molecule has 1 heterocycles. The molecule has 1 amide bonds. The molecule has 0 spiro atoms. The number of nitrogens with zero attached hydrogens (tertiary/aromatic N) is 1. The maximum atomic E-state index is 13.0. The Morgan fingerprint density at radius 3 is 2.58 bits per heavy atom. The standard InChI is InChI=1S/C19H20ClFN2O/c20-16-5-9-18(10-6-16)22-19(24)15-2-1-11-23(13-15)12-14-3-7-17(21)8-4-14/h3-10,15H,1-2,11-13H2,(H,22,24)/t15-/m0/s1. The van der Waals surface area contributed by atoms with Crippen LogP contribution < -0.4 is 5.32 Å². The molecule has 0 bridgehead atoms. The van der Waals surface area contributed by atoms with Crippen molar-refractivity contribution in [2.45, 2.75) is 19.4 Å². The van der Waals surface area contributed by atoms with Gasteiger partial charge in [0.1, 0.15) is 5.82 Å². The second kappa shape index (κ2) is 7.77. The van der Waals surface area contributed by atoms with Gasteiger partial charge in [0.15, 0.2) is 0 Å². The lowest BCUT2D eigenvalue weighted by Crippen LogP contribution is -2.40. The van der Waals surface area contributed by atoms with E-state index in [1.54, 1.807) is 36.4 Å². The van der Waals surface area contributed by atoms with Crippen LogP contribution >= 0.6 is 11.6 Å². The van der Waals surface area contributed by atoms with Crippen molar-refractivity contribution in [3.63, 3.8) is 0 Å². The Morgan fingerprint density at radius 1 is 1.17 bits per heavy atom. The van der Waals surface area contributed by atoms with Crippen LogP contribution in [0, 0.1) is 11.7 Å². The molecule has 24 heavy (non-hydrogen) atoms. The molecule has 1 saturated heterocycles. The molecule has 126 valence electrons. The van der Waals surface area contributed by atoms with Crippen molar-refractivity contribution in [1.29, 1.82) is 0 Å². The van der Waals surface area contributed by atoms with E-state index in [0.29, 0.717) is 5.02 Å². The van der Waals surface area contributed by atoms with Gasteiger partial charge in [-0.25, -0.2) is 4.39 Å². The van der Waals surface area contributed by atoms with Crippen LogP contribution in [0.4, 0.5) is 10.1 Å². The van der Waals surface area contributed by atoms with Gasteiger partial charge in [-0.05, 0) is 61.3 Å². The number of carbonyl (C=O) groups excluding carboxylic acids is 1. The van der Waals surface area contributed by atoms with Crippen LogP contribution in [0.5, 0.6) is 0 Å². The van der Waals surface area contributed by atoms with Crippen molar-refractivity contribution in [2.75, 3.05) is 18.4 Å². The lowest BCUT2D eigenvalue weighted by Gasteiger charge is -2.32. The van der Waals surface area contributed by atoms with Crippen LogP contribution in [0.1, 0.15) is 18.4 Å². The summed E-state index contributed by atoms with van der Waals surface area (Å²) < 4.78 is 13.0. The number of anilines is 1. The minimum atomic E-state index is -0.224. The van der Waals surface area contributed by atoms with Crippen LogP contribution in [0.15, 0.2) is 48.5 Å². The summed E-state index contributed by atoms with van der Waals surface area (Å²) in [5, 5.41) is 3.61. The predicted molar refractivity (Wildman–Crippen MR) is 94.5 cm³/mol. The second-order valence-corrected chi connectivity index (χ2v) is 6.63. The summed E-state index contributed by atoms with van der Waals surface area (Å²) in [5.74, 6) is -0.214. The smallest absolute Gasteiger partial charge is 0.228 e. The number of benzene rings is 2. The first-order chi connectivity index (χ1) is 11.6. The fourth-order valence-electron chi connectivity index (χ4n) is 3.04. The van der Waals surface area contributed by atoms with Gasteiger partial charge in [-0.2, -0.15) is 0 Å². The Kier molecular flexibility index (Phi) is 5.48. The molecule has 0 unspecified atom stereocenters. The molecular formula is C19H20ClFN2O. The number of rotatable bonds is 4. The molecule has 1 atom stereocenters. The molecule has 3 rings (SSSR count). The van der Waals surface area contributed by atoms with Crippen LogP contribution in [0.2, 0.25) is 5.02 Å². The van der Waals surface area contributed by atoms with Gasteiger partial charge in [0.25, 0.3) is 0 Å². The number of hydrogen-bond donors (Lipinski definition) is 1. The highest BCUT2D eigenvalue weighted by atomic mass is 35.5. The van der Waals surface area contributed by atoms with E-state index in [9.17, 15) is 9.18 Å². The Balaban J connectivity index is 1.57. The number of amides is 1. The van der Waals surface area contributed by atoms with E-state index in [2.05, 4.69) is 10.2 Å². The van der Waals surface area contributed by atoms with Gasteiger partial charge in [0, 0.05) is 23.8 Å². The Bertz CT molecular complexity index is 688. The third kappa shape index (κ3) is 4.56. The molecule has 2 aromatic rings. The van der Waals surface area contributed by atoms with Crippen LogP contribution in [-0.4, -0.2) is 23.9 Å². The summed E-state index contributed by atoms with van der Waals surface area (Å²) in [6.45, 7) is 2.42. The number of halogens is 2. The van der Waals surface area contributed by atoms with Crippen LogP contribution in [-0.2, 0) is 11.3 Å². The minimum Gasteiger partial charge on any atom is -0.326 e. The number of hydrogen-bond acceptors (Lipinski definition) is 2. The fourth-order valence-corrected chi connectivity index (χ4v) is 3.16. The van der Waals surface area contributed by atoms with Gasteiger partial charge in [0.2, 0.25) is 5.91 Å². The lowest BCUT2D eigenvalue weighted by molar-refractivity contribution is -0.121. The molecule has 1 N–H and O–H groups in total. The monoisotopic (exact) mass is 346 g/mol. The van der Waals surface area contributed by atoms with Crippen LogP contribution in [0.25, 0.3) is 0 Å². The maximum absolute atomic E-state index is 13.0. The van der Waals surface area contributed by atoms with E-state index in [0.717, 1.165) is 43.7 Å². The zero-order valence-electron chi connectivity index (χ0n) is 13.3. The quantitative estimate of drug-likeness (QED) is 0.893. The molecule has 0 aromatic heterocycles. The summed E-state index contributed by atoms with van der Waals surface area (Å²) in [7, 11) is 0. The second-order valence-electron chi connectivity index (χ2n) is 6.20. The number of nitrogens with one attached hydrogen (secondary N) is 1. The molecule has 5 heteroatoms. The van der Waals surface area contributed by atoms with Crippen molar-refractivity contribution >= 4 is 23.2 Å². The largest absolute Gasteiger partial charge is 0.326 e. The molecule has 0 saturated carbocycles. The van der Waals surface area contributed by atoms with Crippen molar-refractivity contribution in [3.8, 4) is 0 Å². The Hall–Kier alpha value is -1.91. The zero-order chi connectivity index (χ0) is 16.9. The summed E-state index contributed by atoms with van der Waals surface area (Å²) in [4.78, 5) is 14.7. The predicted octanol–water partition coefficient (Wildman–Crippen LogP) is 4.33. The van der Waals surface area contributed by atoms with Crippen molar-refractivity contribution < 1.29 is 9.18 Å². The van der Waals surface area contributed by atoms with E-state index < -0.39 is 0 Å². The number of likely N-dealkylation sites (tertiary alicyclic amines) is 1. The van der Waals surface area contributed by atoms with Gasteiger partial charge in [0.05, 0.1) is 5.92 Å². The average Bonchev–Trinajstić information content (AvgIpc) is 2.59. The molecule has 3 nitrogen and oxygen atoms in total. The average molecular weight is 347 g/mol. The van der Waals surface area contributed by atoms with Gasteiger partial charge in [-0.15, -0.1) is 0 Å². The number of carbonyl (C=O) groups is 1.